The molecule has 1 heterocycles. The number of alkyl halides is 3. The van der Waals surface area contributed by atoms with Crippen molar-refractivity contribution in [1.82, 2.24) is 9.97 Å². The molecule has 0 spiro atoms. The average molecular weight is 361 g/mol. The van der Waals surface area contributed by atoms with Crippen LogP contribution in [0.3, 0.4) is 0 Å². The van der Waals surface area contributed by atoms with Crippen LogP contribution < -0.4 is 10.6 Å². The Hall–Kier alpha value is -1.83. The van der Waals surface area contributed by atoms with Gasteiger partial charge in [0.2, 0.25) is 0 Å². The standard InChI is InChI=1S/C13H12BrF3N4/c1-7-11(18-2)19-6-20-12(7)21-10-5-8(13(15,16)17)3-4-9(10)14/h3-6H,1-2H3,(H2,18,19,20,21). The first-order chi connectivity index (χ1) is 9.82. The van der Waals surface area contributed by atoms with Crippen molar-refractivity contribution in [3.05, 3.63) is 40.1 Å². The maximum Gasteiger partial charge on any atom is 0.416 e. The Kier molecular flexibility index (Phi) is 4.36. The second-order valence-electron chi connectivity index (χ2n) is 4.26. The van der Waals surface area contributed by atoms with E-state index in [0.717, 1.165) is 12.1 Å². The van der Waals surface area contributed by atoms with E-state index in [4.69, 9.17) is 0 Å². The Morgan fingerprint density at radius 3 is 2.43 bits per heavy atom. The van der Waals surface area contributed by atoms with Crippen molar-refractivity contribution in [3.63, 3.8) is 0 Å². The summed E-state index contributed by atoms with van der Waals surface area (Å²) in [6.45, 7) is 1.77. The molecule has 4 nitrogen and oxygen atoms in total. The van der Waals surface area contributed by atoms with Crippen LogP contribution in [0.25, 0.3) is 0 Å². The van der Waals surface area contributed by atoms with Gasteiger partial charge in [0, 0.05) is 17.1 Å². The molecule has 0 unspecified atom stereocenters. The quantitative estimate of drug-likeness (QED) is 0.854. The van der Waals surface area contributed by atoms with Gasteiger partial charge in [0.1, 0.15) is 18.0 Å². The molecule has 2 N–H and O–H groups in total. The van der Waals surface area contributed by atoms with E-state index in [1.54, 1.807) is 14.0 Å². The Morgan fingerprint density at radius 1 is 1.14 bits per heavy atom. The summed E-state index contributed by atoms with van der Waals surface area (Å²) in [7, 11) is 1.71. The topological polar surface area (TPSA) is 49.8 Å². The number of aromatic nitrogens is 2. The fraction of sp³-hybridized carbons (Fsp3) is 0.231. The van der Waals surface area contributed by atoms with Crippen molar-refractivity contribution in [2.45, 2.75) is 13.1 Å². The van der Waals surface area contributed by atoms with Crippen LogP contribution in [0.2, 0.25) is 0 Å². The summed E-state index contributed by atoms with van der Waals surface area (Å²) >= 11 is 3.23. The minimum atomic E-state index is -4.39. The highest BCUT2D eigenvalue weighted by Gasteiger charge is 2.31. The lowest BCUT2D eigenvalue weighted by Crippen LogP contribution is -2.07. The molecule has 112 valence electrons. The fourth-order valence-corrected chi connectivity index (χ4v) is 2.10. The lowest BCUT2D eigenvalue weighted by atomic mass is 10.2. The minimum Gasteiger partial charge on any atom is -0.373 e. The van der Waals surface area contributed by atoms with E-state index in [0.29, 0.717) is 21.7 Å². The Bertz CT molecular complexity index is 658. The van der Waals surface area contributed by atoms with Crippen molar-refractivity contribution in [2.24, 2.45) is 0 Å². The molecule has 0 atom stereocenters. The first-order valence-electron chi connectivity index (χ1n) is 5.96. The Labute approximate surface area is 127 Å². The number of benzene rings is 1. The molecule has 0 aliphatic heterocycles. The molecule has 0 aliphatic rings. The van der Waals surface area contributed by atoms with Crippen molar-refractivity contribution >= 4 is 33.3 Å². The minimum absolute atomic E-state index is 0.286. The molecule has 0 radical (unpaired) electrons. The Morgan fingerprint density at radius 2 is 1.81 bits per heavy atom. The average Bonchev–Trinajstić information content (AvgIpc) is 2.42. The molecule has 0 aliphatic carbocycles. The second-order valence-corrected chi connectivity index (χ2v) is 5.12. The molecule has 2 aromatic rings. The number of nitrogens with zero attached hydrogens (tertiary/aromatic N) is 2. The molecule has 8 heteroatoms. The fourth-order valence-electron chi connectivity index (χ4n) is 1.75. The van der Waals surface area contributed by atoms with Gasteiger partial charge in [0.25, 0.3) is 0 Å². The second kappa shape index (κ2) is 5.88. The summed E-state index contributed by atoms with van der Waals surface area (Å²) in [5.41, 5.74) is 0.270. The van der Waals surface area contributed by atoms with Gasteiger partial charge in [-0.25, -0.2) is 9.97 Å². The summed E-state index contributed by atoms with van der Waals surface area (Å²) in [5, 5.41) is 5.78. The highest BCUT2D eigenvalue weighted by molar-refractivity contribution is 9.10. The van der Waals surface area contributed by atoms with E-state index < -0.39 is 11.7 Å². The number of rotatable bonds is 3. The lowest BCUT2D eigenvalue weighted by molar-refractivity contribution is -0.137. The number of nitrogens with one attached hydrogen (secondary N) is 2. The molecule has 0 fully saturated rings. The number of hydrogen-bond donors (Lipinski definition) is 2. The van der Waals surface area contributed by atoms with Gasteiger partial charge in [0.05, 0.1) is 11.3 Å². The van der Waals surface area contributed by atoms with E-state index in [-0.39, 0.29) is 5.69 Å². The molecular formula is C13H12BrF3N4. The van der Waals surface area contributed by atoms with Gasteiger partial charge in [-0.05, 0) is 41.1 Å². The third kappa shape index (κ3) is 3.44. The van der Waals surface area contributed by atoms with Crippen molar-refractivity contribution in [1.29, 1.82) is 0 Å². The summed E-state index contributed by atoms with van der Waals surface area (Å²) in [6.07, 6.45) is -3.06. The van der Waals surface area contributed by atoms with Gasteiger partial charge in [-0.1, -0.05) is 0 Å². The van der Waals surface area contributed by atoms with Crippen LogP contribution in [0.15, 0.2) is 29.0 Å². The monoisotopic (exact) mass is 360 g/mol. The third-order valence-electron chi connectivity index (χ3n) is 2.87. The predicted molar refractivity (Wildman–Crippen MR) is 78.7 cm³/mol. The summed E-state index contributed by atoms with van der Waals surface area (Å²) < 4.78 is 38.8. The first kappa shape index (κ1) is 15.6. The van der Waals surface area contributed by atoms with Crippen LogP contribution in [-0.4, -0.2) is 17.0 Å². The summed E-state index contributed by atoms with van der Waals surface area (Å²) in [5.74, 6) is 1.05. The van der Waals surface area contributed by atoms with Crippen LogP contribution in [-0.2, 0) is 6.18 Å². The highest BCUT2D eigenvalue weighted by atomic mass is 79.9. The molecule has 2 rings (SSSR count). The van der Waals surface area contributed by atoms with Crippen LogP contribution in [0.5, 0.6) is 0 Å². The van der Waals surface area contributed by atoms with Crippen LogP contribution in [0.1, 0.15) is 11.1 Å². The summed E-state index contributed by atoms with van der Waals surface area (Å²) in [6, 6.07) is 3.40. The predicted octanol–water partition coefficient (Wildman–Crippen LogP) is 4.35. The molecule has 1 aromatic carbocycles. The lowest BCUT2D eigenvalue weighted by Gasteiger charge is -2.14. The highest BCUT2D eigenvalue weighted by Crippen LogP contribution is 2.35. The molecule has 0 saturated heterocycles. The van der Waals surface area contributed by atoms with Crippen molar-refractivity contribution < 1.29 is 13.2 Å². The zero-order chi connectivity index (χ0) is 15.6. The summed E-state index contributed by atoms with van der Waals surface area (Å²) in [4.78, 5) is 8.08. The van der Waals surface area contributed by atoms with E-state index in [2.05, 4.69) is 36.5 Å². The van der Waals surface area contributed by atoms with E-state index >= 15 is 0 Å². The van der Waals surface area contributed by atoms with Gasteiger partial charge in [-0.2, -0.15) is 13.2 Å². The number of halogens is 4. The van der Waals surface area contributed by atoms with Gasteiger partial charge >= 0.3 is 6.18 Å². The van der Waals surface area contributed by atoms with Gasteiger partial charge in [-0.15, -0.1) is 0 Å². The van der Waals surface area contributed by atoms with Crippen LogP contribution in [0.4, 0.5) is 30.5 Å². The van der Waals surface area contributed by atoms with Gasteiger partial charge < -0.3 is 10.6 Å². The zero-order valence-corrected chi connectivity index (χ0v) is 12.8. The number of hydrogen-bond acceptors (Lipinski definition) is 4. The normalized spacial score (nSPS) is 11.3. The molecule has 0 amide bonds. The van der Waals surface area contributed by atoms with E-state index in [9.17, 15) is 13.2 Å². The maximum atomic E-state index is 12.8. The largest absolute Gasteiger partial charge is 0.416 e. The van der Waals surface area contributed by atoms with E-state index in [1.807, 2.05) is 0 Å². The third-order valence-corrected chi connectivity index (χ3v) is 3.56. The number of anilines is 3. The SMILES string of the molecule is CNc1ncnc(Nc2cc(C(F)(F)F)ccc2Br)c1C. The molecular weight excluding hydrogens is 349 g/mol. The van der Waals surface area contributed by atoms with Crippen LogP contribution in [0, 0.1) is 6.92 Å². The van der Waals surface area contributed by atoms with Gasteiger partial charge in [0.15, 0.2) is 0 Å². The van der Waals surface area contributed by atoms with E-state index in [1.165, 1.54) is 12.4 Å². The first-order valence-corrected chi connectivity index (χ1v) is 6.75. The van der Waals surface area contributed by atoms with Crippen molar-refractivity contribution in [2.75, 3.05) is 17.7 Å². The molecule has 21 heavy (non-hydrogen) atoms. The zero-order valence-electron chi connectivity index (χ0n) is 11.2. The van der Waals surface area contributed by atoms with Crippen LogP contribution >= 0.6 is 15.9 Å². The van der Waals surface area contributed by atoms with Gasteiger partial charge in [-0.3, -0.25) is 0 Å². The molecule has 1 aromatic heterocycles. The smallest absolute Gasteiger partial charge is 0.373 e. The van der Waals surface area contributed by atoms with Crippen molar-refractivity contribution in [3.8, 4) is 0 Å². The molecule has 0 bridgehead atoms. The Balaban J connectivity index is 2.40. The molecule has 0 saturated carbocycles. The maximum absolute atomic E-state index is 12.8.